The zero-order chi connectivity index (χ0) is 18.4. The molecule has 0 unspecified atom stereocenters. The van der Waals surface area contributed by atoms with Crippen LogP contribution in [0.25, 0.3) is 0 Å². The summed E-state index contributed by atoms with van der Waals surface area (Å²) in [7, 11) is 1.64. The van der Waals surface area contributed by atoms with E-state index in [4.69, 9.17) is 4.74 Å². The number of anilines is 1. The van der Waals surface area contributed by atoms with Gasteiger partial charge >= 0.3 is 0 Å². The molecule has 1 aromatic heterocycles. The van der Waals surface area contributed by atoms with Crippen molar-refractivity contribution in [2.24, 2.45) is 0 Å². The Hall–Kier alpha value is -2.63. The van der Waals surface area contributed by atoms with Gasteiger partial charge in [-0.1, -0.05) is 12.1 Å². The van der Waals surface area contributed by atoms with E-state index in [0.717, 1.165) is 17.7 Å². The lowest BCUT2D eigenvalue weighted by Gasteiger charge is -2.21. The number of nitrogens with one attached hydrogen (secondary N) is 2. The van der Waals surface area contributed by atoms with Crippen LogP contribution in [-0.4, -0.2) is 35.1 Å². The van der Waals surface area contributed by atoms with Crippen LogP contribution in [0.4, 0.5) is 5.82 Å². The van der Waals surface area contributed by atoms with Crippen LogP contribution in [0, 0.1) is 6.92 Å². The van der Waals surface area contributed by atoms with Crippen molar-refractivity contribution in [1.29, 1.82) is 0 Å². The Morgan fingerprint density at radius 3 is 2.44 bits per heavy atom. The van der Waals surface area contributed by atoms with Gasteiger partial charge in [-0.05, 0) is 51.8 Å². The highest BCUT2D eigenvalue weighted by atomic mass is 16.5. The van der Waals surface area contributed by atoms with Gasteiger partial charge in [0.05, 0.1) is 7.11 Å². The molecule has 0 aliphatic carbocycles. The van der Waals surface area contributed by atoms with Gasteiger partial charge in [-0.25, -0.2) is 9.97 Å². The number of benzene rings is 1. The van der Waals surface area contributed by atoms with Gasteiger partial charge in [0.2, 0.25) is 0 Å². The Labute approximate surface area is 149 Å². The average Bonchev–Trinajstić information content (AvgIpc) is 2.53. The third-order valence-corrected chi connectivity index (χ3v) is 3.43. The number of ether oxygens (including phenoxy) is 1. The molecule has 25 heavy (non-hydrogen) atoms. The topological polar surface area (TPSA) is 76.1 Å². The lowest BCUT2D eigenvalue weighted by atomic mass is 10.1. The Morgan fingerprint density at radius 1 is 1.16 bits per heavy atom. The molecule has 6 heteroatoms. The van der Waals surface area contributed by atoms with Crippen molar-refractivity contribution in [1.82, 2.24) is 15.3 Å². The standard InChI is InChI=1S/C19H26N4O2/c1-13-21-16(12-17(22-13)23-19(2,3)4)18(24)20-11-10-14-6-8-15(25-5)9-7-14/h6-9,12H,10-11H2,1-5H3,(H,20,24)(H,21,22,23). The van der Waals surface area contributed by atoms with Gasteiger partial charge in [-0.2, -0.15) is 0 Å². The maximum atomic E-state index is 12.4. The zero-order valence-electron chi connectivity index (χ0n) is 15.5. The van der Waals surface area contributed by atoms with Crippen molar-refractivity contribution < 1.29 is 9.53 Å². The molecule has 2 N–H and O–H groups in total. The number of carbonyl (C=O) groups is 1. The van der Waals surface area contributed by atoms with Gasteiger partial charge in [0.1, 0.15) is 23.1 Å². The van der Waals surface area contributed by atoms with E-state index in [1.54, 1.807) is 20.1 Å². The molecule has 134 valence electrons. The van der Waals surface area contributed by atoms with E-state index >= 15 is 0 Å². The number of aryl methyl sites for hydroxylation is 1. The fraction of sp³-hybridized carbons (Fsp3) is 0.421. The zero-order valence-corrected chi connectivity index (χ0v) is 15.5. The van der Waals surface area contributed by atoms with Crippen molar-refractivity contribution >= 4 is 11.7 Å². The van der Waals surface area contributed by atoms with Gasteiger partial charge in [-0.3, -0.25) is 4.79 Å². The molecule has 2 aromatic rings. The highest BCUT2D eigenvalue weighted by molar-refractivity contribution is 5.92. The summed E-state index contributed by atoms with van der Waals surface area (Å²) in [5.74, 6) is 1.84. The van der Waals surface area contributed by atoms with Crippen molar-refractivity contribution in [3.63, 3.8) is 0 Å². The normalized spacial score (nSPS) is 11.1. The number of hydrogen-bond donors (Lipinski definition) is 2. The van der Waals surface area contributed by atoms with Crippen molar-refractivity contribution in [2.45, 2.75) is 39.7 Å². The van der Waals surface area contributed by atoms with Crippen LogP contribution < -0.4 is 15.4 Å². The number of amides is 1. The van der Waals surface area contributed by atoms with Crippen molar-refractivity contribution in [2.75, 3.05) is 19.0 Å². The van der Waals surface area contributed by atoms with Crippen LogP contribution in [0.2, 0.25) is 0 Å². The van der Waals surface area contributed by atoms with Crippen LogP contribution in [-0.2, 0) is 6.42 Å². The molecule has 0 bridgehead atoms. The monoisotopic (exact) mass is 342 g/mol. The fourth-order valence-electron chi connectivity index (χ4n) is 2.34. The fourth-order valence-corrected chi connectivity index (χ4v) is 2.34. The van der Waals surface area contributed by atoms with Crippen LogP contribution in [0.15, 0.2) is 30.3 Å². The van der Waals surface area contributed by atoms with E-state index in [0.29, 0.717) is 23.9 Å². The first kappa shape index (κ1) is 18.7. The summed E-state index contributed by atoms with van der Waals surface area (Å²) in [5.41, 5.74) is 1.37. The number of rotatable bonds is 6. The molecule has 0 spiro atoms. The Kier molecular flexibility index (Phi) is 5.96. The van der Waals surface area contributed by atoms with Crippen LogP contribution in [0.5, 0.6) is 5.75 Å². The number of hydrogen-bond acceptors (Lipinski definition) is 5. The lowest BCUT2D eigenvalue weighted by molar-refractivity contribution is 0.0948. The molecular formula is C19H26N4O2. The first-order chi connectivity index (χ1) is 11.8. The second-order valence-corrected chi connectivity index (χ2v) is 6.91. The smallest absolute Gasteiger partial charge is 0.270 e. The summed E-state index contributed by atoms with van der Waals surface area (Å²) in [6.45, 7) is 8.44. The van der Waals surface area contributed by atoms with Gasteiger partial charge in [0.15, 0.2) is 0 Å². The van der Waals surface area contributed by atoms with Gasteiger partial charge in [-0.15, -0.1) is 0 Å². The maximum absolute atomic E-state index is 12.4. The third kappa shape index (κ3) is 6.06. The largest absolute Gasteiger partial charge is 0.497 e. The Balaban J connectivity index is 1.95. The highest BCUT2D eigenvalue weighted by Gasteiger charge is 2.14. The summed E-state index contributed by atoms with van der Waals surface area (Å²) in [6.07, 6.45) is 0.743. The summed E-state index contributed by atoms with van der Waals surface area (Å²) in [6, 6.07) is 9.49. The number of methoxy groups -OCH3 is 1. The van der Waals surface area contributed by atoms with Crippen LogP contribution >= 0.6 is 0 Å². The predicted molar refractivity (Wildman–Crippen MR) is 99.2 cm³/mol. The van der Waals surface area contributed by atoms with Crippen LogP contribution in [0.3, 0.4) is 0 Å². The second-order valence-electron chi connectivity index (χ2n) is 6.91. The van der Waals surface area contributed by atoms with E-state index < -0.39 is 0 Å². The van der Waals surface area contributed by atoms with Crippen molar-refractivity contribution in [3.8, 4) is 5.75 Å². The van der Waals surface area contributed by atoms with Gasteiger partial charge in [0, 0.05) is 18.2 Å². The molecule has 0 aliphatic heterocycles. The van der Waals surface area contributed by atoms with E-state index in [9.17, 15) is 4.79 Å². The molecule has 6 nitrogen and oxygen atoms in total. The third-order valence-electron chi connectivity index (χ3n) is 3.43. The SMILES string of the molecule is COc1ccc(CCNC(=O)c2cc(NC(C)(C)C)nc(C)n2)cc1. The molecule has 1 aromatic carbocycles. The molecule has 0 fully saturated rings. The Morgan fingerprint density at radius 2 is 1.84 bits per heavy atom. The van der Waals surface area contributed by atoms with Gasteiger partial charge < -0.3 is 15.4 Å². The van der Waals surface area contributed by atoms with E-state index in [-0.39, 0.29) is 11.4 Å². The summed E-state index contributed by atoms with van der Waals surface area (Å²) in [5, 5.41) is 6.17. The molecule has 0 atom stereocenters. The minimum absolute atomic E-state index is 0.136. The van der Waals surface area contributed by atoms with E-state index in [1.807, 2.05) is 45.0 Å². The maximum Gasteiger partial charge on any atom is 0.270 e. The Bertz CT molecular complexity index is 721. The lowest BCUT2D eigenvalue weighted by Crippen LogP contribution is -2.29. The second kappa shape index (κ2) is 7.96. The van der Waals surface area contributed by atoms with Crippen LogP contribution in [0.1, 0.15) is 42.6 Å². The minimum Gasteiger partial charge on any atom is -0.497 e. The molecule has 1 heterocycles. The molecule has 0 saturated heterocycles. The quantitative estimate of drug-likeness (QED) is 0.844. The molecule has 2 rings (SSSR count). The predicted octanol–water partition coefficient (Wildman–Crippen LogP) is 2.98. The number of aromatic nitrogens is 2. The minimum atomic E-state index is -0.198. The molecule has 0 aliphatic rings. The molecule has 1 amide bonds. The molecular weight excluding hydrogens is 316 g/mol. The average molecular weight is 342 g/mol. The van der Waals surface area contributed by atoms with Gasteiger partial charge in [0.25, 0.3) is 5.91 Å². The van der Waals surface area contributed by atoms with Crippen molar-refractivity contribution in [3.05, 3.63) is 47.4 Å². The first-order valence-electron chi connectivity index (χ1n) is 8.32. The van der Waals surface area contributed by atoms with E-state index in [2.05, 4.69) is 20.6 Å². The highest BCUT2D eigenvalue weighted by Crippen LogP contribution is 2.14. The summed E-state index contributed by atoms with van der Waals surface area (Å²) >= 11 is 0. The number of carbonyl (C=O) groups excluding carboxylic acids is 1. The number of nitrogens with zero attached hydrogens (tertiary/aromatic N) is 2. The summed E-state index contributed by atoms with van der Waals surface area (Å²) < 4.78 is 5.14. The molecule has 0 saturated carbocycles. The summed E-state index contributed by atoms with van der Waals surface area (Å²) in [4.78, 5) is 20.9. The first-order valence-corrected chi connectivity index (χ1v) is 8.32. The van der Waals surface area contributed by atoms with E-state index in [1.165, 1.54) is 0 Å². The molecule has 0 radical (unpaired) electrons.